The molecule has 0 aliphatic carbocycles. The van der Waals surface area contributed by atoms with Gasteiger partial charge in [-0.25, -0.2) is 5.90 Å². The van der Waals surface area contributed by atoms with Crippen LogP contribution in [-0.4, -0.2) is 6.61 Å². The van der Waals surface area contributed by atoms with Crippen LogP contribution in [0.25, 0.3) is 0 Å². The summed E-state index contributed by atoms with van der Waals surface area (Å²) in [4.78, 5) is 4.57. The molecule has 2 N–H and O–H groups in total. The monoisotopic (exact) mass is 243 g/mol. The van der Waals surface area contributed by atoms with Crippen LogP contribution >= 0.6 is 0 Å². The Labute approximate surface area is 107 Å². The van der Waals surface area contributed by atoms with Gasteiger partial charge in [-0.05, 0) is 29.7 Å². The molecule has 0 aliphatic rings. The molecule has 0 unspecified atom stereocenters. The van der Waals surface area contributed by atoms with Gasteiger partial charge in [0.2, 0.25) is 0 Å². The molecule has 0 fully saturated rings. The fourth-order valence-electron chi connectivity index (χ4n) is 1.71. The summed E-state index contributed by atoms with van der Waals surface area (Å²) >= 11 is 0. The van der Waals surface area contributed by atoms with Crippen molar-refractivity contribution in [3.8, 4) is 5.75 Å². The summed E-state index contributed by atoms with van der Waals surface area (Å²) in [5.41, 5.74) is 2.32. The third-order valence-electron chi connectivity index (χ3n) is 2.66. The Balaban J connectivity index is 1.93. The summed E-state index contributed by atoms with van der Waals surface area (Å²) in [5.74, 6) is 5.89. The van der Waals surface area contributed by atoms with E-state index >= 15 is 0 Å². The third kappa shape index (κ3) is 3.87. The molecule has 2 rings (SSSR count). The average molecular weight is 243 g/mol. The predicted molar refractivity (Wildman–Crippen MR) is 71.1 cm³/mol. The molecule has 0 radical (unpaired) electrons. The van der Waals surface area contributed by atoms with Crippen molar-refractivity contribution >= 4 is 0 Å². The summed E-state index contributed by atoms with van der Waals surface area (Å²) < 4.78 is 5.74. The van der Waals surface area contributed by atoms with Gasteiger partial charge in [0.05, 0.1) is 6.61 Å². The molecular weight excluding hydrogens is 226 g/mol. The zero-order chi connectivity index (χ0) is 12.6. The number of hydrogen-bond acceptors (Lipinski definition) is 3. The second kappa shape index (κ2) is 6.79. The maximum absolute atomic E-state index is 5.74. The molecule has 0 aliphatic heterocycles. The van der Waals surface area contributed by atoms with Crippen molar-refractivity contribution in [1.82, 2.24) is 0 Å². The summed E-state index contributed by atoms with van der Waals surface area (Å²) in [6.45, 7) is 1.10. The van der Waals surface area contributed by atoms with Gasteiger partial charge in [0, 0.05) is 0 Å². The number of benzene rings is 2. The second-order valence-corrected chi connectivity index (χ2v) is 4.04. The first-order valence-electron chi connectivity index (χ1n) is 5.96. The lowest BCUT2D eigenvalue weighted by molar-refractivity contribution is 0.141. The highest BCUT2D eigenvalue weighted by atomic mass is 16.6. The van der Waals surface area contributed by atoms with Crippen LogP contribution in [0.3, 0.4) is 0 Å². The second-order valence-electron chi connectivity index (χ2n) is 4.04. The first-order chi connectivity index (χ1) is 8.88. The molecule has 94 valence electrons. The first kappa shape index (κ1) is 12.6. The van der Waals surface area contributed by atoms with Gasteiger partial charge in [-0.1, -0.05) is 42.5 Å². The van der Waals surface area contributed by atoms with Gasteiger partial charge >= 0.3 is 0 Å². The van der Waals surface area contributed by atoms with Crippen molar-refractivity contribution in [1.29, 1.82) is 0 Å². The van der Waals surface area contributed by atoms with Crippen LogP contribution in [-0.2, 0) is 17.9 Å². The Hall–Kier alpha value is -1.84. The maximum Gasteiger partial charge on any atom is 0.120 e. The summed E-state index contributed by atoms with van der Waals surface area (Å²) in [7, 11) is 0. The van der Waals surface area contributed by atoms with E-state index in [4.69, 9.17) is 10.6 Å². The maximum atomic E-state index is 5.74. The van der Waals surface area contributed by atoms with Crippen molar-refractivity contribution in [3.63, 3.8) is 0 Å². The fraction of sp³-hybridized carbons (Fsp3) is 0.200. The van der Waals surface area contributed by atoms with Crippen molar-refractivity contribution in [2.24, 2.45) is 5.90 Å². The molecule has 3 nitrogen and oxygen atoms in total. The van der Waals surface area contributed by atoms with Crippen molar-refractivity contribution in [2.75, 3.05) is 6.61 Å². The van der Waals surface area contributed by atoms with Crippen LogP contribution in [0.15, 0.2) is 54.6 Å². The summed E-state index contributed by atoms with van der Waals surface area (Å²) in [5, 5.41) is 0. The topological polar surface area (TPSA) is 44.5 Å². The Morgan fingerprint density at radius 2 is 1.67 bits per heavy atom. The molecule has 3 heteroatoms. The molecule has 0 atom stereocenters. The molecular formula is C15H17NO2. The first-order valence-corrected chi connectivity index (χ1v) is 5.96. The minimum absolute atomic E-state index is 0.516. The highest BCUT2D eigenvalue weighted by Gasteiger charge is 1.98. The van der Waals surface area contributed by atoms with E-state index < -0.39 is 0 Å². The number of nitrogens with two attached hydrogens (primary N) is 1. The van der Waals surface area contributed by atoms with E-state index in [1.165, 1.54) is 0 Å². The van der Waals surface area contributed by atoms with E-state index in [0.29, 0.717) is 13.2 Å². The molecule has 2 aromatic carbocycles. The molecule has 0 saturated heterocycles. The molecule has 2 aromatic rings. The minimum Gasteiger partial charge on any atom is -0.489 e. The van der Waals surface area contributed by atoms with E-state index in [1.807, 2.05) is 54.6 Å². The summed E-state index contributed by atoms with van der Waals surface area (Å²) in [6.07, 6.45) is 0.791. The molecule has 18 heavy (non-hydrogen) atoms. The lowest BCUT2D eigenvalue weighted by Crippen LogP contribution is -2.03. The van der Waals surface area contributed by atoms with Crippen LogP contribution in [0.1, 0.15) is 11.1 Å². The van der Waals surface area contributed by atoms with Gasteiger partial charge in [-0.2, -0.15) is 0 Å². The van der Waals surface area contributed by atoms with E-state index in [9.17, 15) is 0 Å². The Morgan fingerprint density at radius 3 is 2.44 bits per heavy atom. The van der Waals surface area contributed by atoms with Crippen LogP contribution in [0.4, 0.5) is 0 Å². The average Bonchev–Trinajstić information content (AvgIpc) is 2.44. The van der Waals surface area contributed by atoms with Gasteiger partial charge in [0.15, 0.2) is 0 Å². The van der Waals surface area contributed by atoms with Crippen molar-refractivity contribution < 1.29 is 9.57 Å². The minimum atomic E-state index is 0.516. The summed E-state index contributed by atoms with van der Waals surface area (Å²) in [6, 6.07) is 18.1. The standard InChI is InChI=1S/C15H17NO2/c16-18-10-9-13-7-4-8-15(11-13)17-12-14-5-2-1-3-6-14/h1-8,11H,9-10,12,16H2. The lowest BCUT2D eigenvalue weighted by Gasteiger charge is -2.08. The normalized spacial score (nSPS) is 10.3. The molecule has 0 amide bonds. The van der Waals surface area contributed by atoms with Gasteiger partial charge in [-0.15, -0.1) is 0 Å². The van der Waals surface area contributed by atoms with Crippen LogP contribution < -0.4 is 10.6 Å². The van der Waals surface area contributed by atoms with E-state index in [0.717, 1.165) is 23.3 Å². The quantitative estimate of drug-likeness (QED) is 0.793. The lowest BCUT2D eigenvalue weighted by atomic mass is 10.1. The highest BCUT2D eigenvalue weighted by molar-refractivity contribution is 5.29. The SMILES string of the molecule is NOCCc1cccc(OCc2ccccc2)c1. The smallest absolute Gasteiger partial charge is 0.120 e. The van der Waals surface area contributed by atoms with E-state index in [2.05, 4.69) is 4.84 Å². The largest absolute Gasteiger partial charge is 0.489 e. The zero-order valence-electron chi connectivity index (χ0n) is 10.2. The molecule has 0 bridgehead atoms. The Morgan fingerprint density at radius 1 is 0.889 bits per heavy atom. The number of rotatable bonds is 6. The van der Waals surface area contributed by atoms with Crippen LogP contribution in [0, 0.1) is 0 Å². The van der Waals surface area contributed by atoms with E-state index in [-0.39, 0.29) is 0 Å². The van der Waals surface area contributed by atoms with E-state index in [1.54, 1.807) is 0 Å². The number of ether oxygens (including phenoxy) is 1. The van der Waals surface area contributed by atoms with Gasteiger partial charge in [0.25, 0.3) is 0 Å². The molecule has 0 spiro atoms. The van der Waals surface area contributed by atoms with Gasteiger partial charge in [-0.3, -0.25) is 0 Å². The molecule has 0 saturated carbocycles. The van der Waals surface area contributed by atoms with Crippen LogP contribution in [0.5, 0.6) is 5.75 Å². The third-order valence-corrected chi connectivity index (χ3v) is 2.66. The zero-order valence-corrected chi connectivity index (χ0v) is 10.2. The van der Waals surface area contributed by atoms with Crippen molar-refractivity contribution in [3.05, 3.63) is 65.7 Å². The molecule has 0 heterocycles. The van der Waals surface area contributed by atoms with Crippen LogP contribution in [0.2, 0.25) is 0 Å². The highest BCUT2D eigenvalue weighted by Crippen LogP contribution is 2.15. The predicted octanol–water partition coefficient (Wildman–Crippen LogP) is 2.70. The van der Waals surface area contributed by atoms with Gasteiger partial charge in [0.1, 0.15) is 12.4 Å². The number of hydrogen-bond donors (Lipinski definition) is 1. The van der Waals surface area contributed by atoms with Gasteiger partial charge < -0.3 is 9.57 Å². The molecule has 0 aromatic heterocycles. The Bertz CT molecular complexity index is 471. The van der Waals surface area contributed by atoms with Crippen molar-refractivity contribution in [2.45, 2.75) is 13.0 Å². The Kier molecular flexibility index (Phi) is 4.76. The fourth-order valence-corrected chi connectivity index (χ4v) is 1.71.